The standard InChI is InChI=1S/C18H22N4O3/c1-10(2)22-8-18-5-3-13(25-18)14(15(18)17(22)24)16(23)21-6-4-11-12(7-21)20-9-19-11/h3,5,9-10,13-15H,4,6-8H2,1-2H3,(H,19,20)/t13-,14-,15+,18-/m0/s1. The first kappa shape index (κ1) is 15.1. The number of aromatic nitrogens is 2. The van der Waals surface area contributed by atoms with Crippen LogP contribution < -0.4 is 0 Å². The van der Waals surface area contributed by atoms with Crippen LogP contribution in [0.1, 0.15) is 25.2 Å². The van der Waals surface area contributed by atoms with Gasteiger partial charge in [-0.25, -0.2) is 4.98 Å². The maximum Gasteiger partial charge on any atom is 0.230 e. The highest BCUT2D eigenvalue weighted by Gasteiger charge is 2.67. The summed E-state index contributed by atoms with van der Waals surface area (Å²) in [7, 11) is 0. The third-order valence-electron chi connectivity index (χ3n) is 6.12. The van der Waals surface area contributed by atoms with Crippen LogP contribution in [0.5, 0.6) is 0 Å². The molecule has 0 saturated carbocycles. The average Bonchev–Trinajstić information content (AvgIpc) is 3.33. The molecule has 2 fully saturated rings. The number of H-pyrrole nitrogens is 1. The highest BCUT2D eigenvalue weighted by atomic mass is 16.5. The molecular weight excluding hydrogens is 320 g/mol. The van der Waals surface area contributed by atoms with Crippen molar-refractivity contribution in [3.8, 4) is 0 Å². The quantitative estimate of drug-likeness (QED) is 0.793. The summed E-state index contributed by atoms with van der Waals surface area (Å²) in [5.74, 6) is -0.717. The molecule has 0 unspecified atom stereocenters. The van der Waals surface area contributed by atoms with E-state index in [1.54, 1.807) is 6.33 Å². The van der Waals surface area contributed by atoms with E-state index in [0.717, 1.165) is 17.8 Å². The van der Waals surface area contributed by atoms with E-state index in [-0.39, 0.29) is 29.9 Å². The predicted octanol–water partition coefficient (Wildman–Crippen LogP) is 0.485. The molecule has 25 heavy (non-hydrogen) atoms. The molecule has 5 heterocycles. The molecule has 4 aliphatic rings. The molecule has 4 atom stereocenters. The zero-order valence-electron chi connectivity index (χ0n) is 14.4. The van der Waals surface area contributed by atoms with Crippen molar-refractivity contribution in [2.24, 2.45) is 11.8 Å². The topological polar surface area (TPSA) is 78.5 Å². The van der Waals surface area contributed by atoms with Gasteiger partial charge in [-0.15, -0.1) is 0 Å². The minimum Gasteiger partial charge on any atom is -0.360 e. The maximum absolute atomic E-state index is 13.3. The lowest BCUT2D eigenvalue weighted by molar-refractivity contribution is -0.144. The van der Waals surface area contributed by atoms with Gasteiger partial charge in [0.15, 0.2) is 0 Å². The molecule has 1 aromatic rings. The molecule has 5 rings (SSSR count). The number of likely N-dealkylation sites (tertiary alicyclic amines) is 1. The van der Waals surface area contributed by atoms with Crippen molar-refractivity contribution in [1.82, 2.24) is 19.8 Å². The van der Waals surface area contributed by atoms with Crippen LogP contribution in [0.25, 0.3) is 0 Å². The van der Waals surface area contributed by atoms with E-state index in [2.05, 4.69) is 9.97 Å². The Kier molecular flexibility index (Phi) is 2.99. The number of carbonyl (C=O) groups excluding carboxylic acids is 2. The van der Waals surface area contributed by atoms with E-state index < -0.39 is 11.5 Å². The van der Waals surface area contributed by atoms with E-state index in [9.17, 15) is 9.59 Å². The lowest BCUT2D eigenvalue weighted by Crippen LogP contribution is -2.47. The van der Waals surface area contributed by atoms with E-state index in [0.29, 0.717) is 19.6 Å². The second-order valence-electron chi connectivity index (χ2n) is 7.80. The number of hydrogen-bond acceptors (Lipinski definition) is 4. The Bertz CT molecular complexity index is 785. The van der Waals surface area contributed by atoms with Gasteiger partial charge in [-0.2, -0.15) is 0 Å². The fraction of sp³-hybridized carbons (Fsp3) is 0.611. The van der Waals surface area contributed by atoms with Gasteiger partial charge in [0.2, 0.25) is 11.8 Å². The van der Waals surface area contributed by atoms with Crippen LogP contribution in [0, 0.1) is 11.8 Å². The summed E-state index contributed by atoms with van der Waals surface area (Å²) >= 11 is 0. The minimum absolute atomic E-state index is 0.0282. The minimum atomic E-state index is -0.610. The Balaban J connectivity index is 1.44. The molecule has 4 aliphatic heterocycles. The Labute approximate surface area is 146 Å². The molecule has 1 aromatic heterocycles. The van der Waals surface area contributed by atoms with Gasteiger partial charge in [0.05, 0.1) is 48.7 Å². The van der Waals surface area contributed by atoms with Crippen molar-refractivity contribution >= 4 is 11.8 Å². The summed E-state index contributed by atoms with van der Waals surface area (Å²) in [6.07, 6.45) is 6.13. The molecule has 2 bridgehead atoms. The number of rotatable bonds is 2. The van der Waals surface area contributed by atoms with Gasteiger partial charge < -0.3 is 19.5 Å². The molecule has 1 N–H and O–H groups in total. The highest BCUT2D eigenvalue weighted by Crippen LogP contribution is 2.52. The van der Waals surface area contributed by atoms with E-state index in [4.69, 9.17) is 4.74 Å². The predicted molar refractivity (Wildman–Crippen MR) is 88.3 cm³/mol. The van der Waals surface area contributed by atoms with Crippen LogP contribution in [0.15, 0.2) is 18.5 Å². The van der Waals surface area contributed by atoms with Gasteiger partial charge in [0.1, 0.15) is 5.60 Å². The lowest BCUT2D eigenvalue weighted by atomic mass is 9.76. The maximum atomic E-state index is 13.3. The first-order valence-corrected chi connectivity index (χ1v) is 8.98. The summed E-state index contributed by atoms with van der Waals surface area (Å²) in [6.45, 7) is 5.74. The molecule has 0 radical (unpaired) electrons. The highest BCUT2D eigenvalue weighted by molar-refractivity contribution is 5.93. The number of ether oxygens (including phenoxy) is 1. The molecule has 7 nitrogen and oxygen atoms in total. The Morgan fingerprint density at radius 1 is 1.48 bits per heavy atom. The largest absolute Gasteiger partial charge is 0.360 e. The van der Waals surface area contributed by atoms with Crippen molar-refractivity contribution in [2.45, 2.75) is 44.6 Å². The normalized spacial score (nSPS) is 35.6. The van der Waals surface area contributed by atoms with Crippen LogP contribution in [0.3, 0.4) is 0 Å². The number of amides is 2. The molecule has 7 heteroatoms. The first-order chi connectivity index (χ1) is 12.0. The number of hydrogen-bond donors (Lipinski definition) is 1. The fourth-order valence-corrected chi connectivity index (χ4v) is 4.86. The SMILES string of the molecule is CC(C)N1C[C@]23C=C[C@H](O2)[C@H](C(=O)N2CCc4nc[nH]c4C2)[C@@H]3C1=O. The van der Waals surface area contributed by atoms with E-state index in [1.807, 2.05) is 35.8 Å². The molecule has 0 aromatic carbocycles. The smallest absolute Gasteiger partial charge is 0.230 e. The first-order valence-electron chi connectivity index (χ1n) is 8.98. The van der Waals surface area contributed by atoms with Crippen LogP contribution in [0.4, 0.5) is 0 Å². The number of imidazole rings is 1. The zero-order chi connectivity index (χ0) is 17.3. The van der Waals surface area contributed by atoms with Crippen molar-refractivity contribution in [3.05, 3.63) is 29.9 Å². The van der Waals surface area contributed by atoms with E-state index in [1.165, 1.54) is 0 Å². The average molecular weight is 342 g/mol. The number of carbonyl (C=O) groups is 2. The van der Waals surface area contributed by atoms with Gasteiger partial charge in [0.25, 0.3) is 0 Å². The lowest BCUT2D eigenvalue weighted by Gasteiger charge is -2.32. The van der Waals surface area contributed by atoms with Gasteiger partial charge >= 0.3 is 0 Å². The number of nitrogens with one attached hydrogen (secondary N) is 1. The summed E-state index contributed by atoms with van der Waals surface area (Å²) in [5, 5.41) is 0. The van der Waals surface area contributed by atoms with Crippen molar-refractivity contribution in [1.29, 1.82) is 0 Å². The number of nitrogens with zero attached hydrogens (tertiary/aromatic N) is 3. The molecule has 0 aliphatic carbocycles. The van der Waals surface area contributed by atoms with Crippen LogP contribution >= 0.6 is 0 Å². The summed E-state index contributed by atoms with van der Waals surface area (Å²) in [6, 6.07) is 0.113. The number of aromatic amines is 1. The van der Waals surface area contributed by atoms with Crippen molar-refractivity contribution in [3.63, 3.8) is 0 Å². The third kappa shape index (κ3) is 1.93. The molecule has 132 valence electrons. The van der Waals surface area contributed by atoms with Crippen LogP contribution in [-0.2, 0) is 27.3 Å². The zero-order valence-corrected chi connectivity index (χ0v) is 14.4. The Morgan fingerprint density at radius 3 is 3.12 bits per heavy atom. The Hall–Kier alpha value is -2.15. The molecule has 2 saturated heterocycles. The monoisotopic (exact) mass is 342 g/mol. The fourth-order valence-electron chi connectivity index (χ4n) is 4.86. The van der Waals surface area contributed by atoms with Gasteiger partial charge in [-0.05, 0) is 13.8 Å². The number of fused-ring (bicyclic) bond motifs is 2. The Morgan fingerprint density at radius 2 is 2.32 bits per heavy atom. The third-order valence-corrected chi connectivity index (χ3v) is 6.12. The molecular formula is C18H22N4O3. The van der Waals surface area contributed by atoms with Crippen molar-refractivity contribution < 1.29 is 14.3 Å². The summed E-state index contributed by atoms with van der Waals surface area (Å²) in [5.41, 5.74) is 1.42. The van der Waals surface area contributed by atoms with E-state index >= 15 is 0 Å². The van der Waals surface area contributed by atoms with Crippen LogP contribution in [0.2, 0.25) is 0 Å². The molecule has 2 amide bonds. The summed E-state index contributed by atoms with van der Waals surface area (Å²) in [4.78, 5) is 37.4. The van der Waals surface area contributed by atoms with Gasteiger partial charge in [-0.1, -0.05) is 12.2 Å². The second-order valence-corrected chi connectivity index (χ2v) is 7.80. The molecule has 1 spiro atoms. The van der Waals surface area contributed by atoms with Crippen LogP contribution in [-0.4, -0.2) is 62.4 Å². The van der Waals surface area contributed by atoms with Gasteiger partial charge in [-0.3, -0.25) is 9.59 Å². The summed E-state index contributed by atoms with van der Waals surface area (Å²) < 4.78 is 6.17. The van der Waals surface area contributed by atoms with Gasteiger partial charge in [0, 0.05) is 19.0 Å². The van der Waals surface area contributed by atoms with Crippen molar-refractivity contribution in [2.75, 3.05) is 13.1 Å². The second kappa shape index (κ2) is 4.94.